The number of amides is 1. The van der Waals surface area contributed by atoms with Crippen LogP contribution in [0.25, 0.3) is 0 Å². The second-order valence-corrected chi connectivity index (χ2v) is 7.30. The molecule has 4 atom stereocenters. The fraction of sp³-hybridized carbons (Fsp3) is 0.688. The van der Waals surface area contributed by atoms with E-state index in [1.54, 1.807) is 11.3 Å². The van der Waals surface area contributed by atoms with Crippen LogP contribution in [-0.4, -0.2) is 23.4 Å². The van der Waals surface area contributed by atoms with Crippen LogP contribution in [0, 0.1) is 11.8 Å². The highest BCUT2D eigenvalue weighted by molar-refractivity contribution is 7.10. The molecule has 4 unspecified atom stereocenters. The van der Waals surface area contributed by atoms with Gasteiger partial charge in [0.05, 0.1) is 6.04 Å². The predicted molar refractivity (Wildman–Crippen MR) is 82.5 cm³/mol. The van der Waals surface area contributed by atoms with Crippen molar-refractivity contribution in [3.8, 4) is 0 Å². The molecule has 1 aromatic heterocycles. The Balaban J connectivity index is 1.75. The van der Waals surface area contributed by atoms with Crippen LogP contribution in [0.15, 0.2) is 17.5 Å². The third-order valence-electron chi connectivity index (χ3n) is 4.73. The number of hydrogen-bond donors (Lipinski definition) is 1. The Morgan fingerprint density at radius 2 is 2.30 bits per heavy atom. The molecule has 110 valence electrons. The summed E-state index contributed by atoms with van der Waals surface area (Å²) in [6, 6.07) is 4.21. The van der Waals surface area contributed by atoms with Crippen molar-refractivity contribution in [2.75, 3.05) is 6.54 Å². The maximum atomic E-state index is 12.6. The molecule has 2 heterocycles. The fourth-order valence-corrected chi connectivity index (χ4v) is 4.41. The molecule has 0 radical (unpaired) electrons. The highest BCUT2D eigenvalue weighted by Crippen LogP contribution is 2.35. The molecule has 1 aliphatic heterocycles. The summed E-state index contributed by atoms with van der Waals surface area (Å²) in [7, 11) is 0. The second kappa shape index (κ2) is 5.86. The van der Waals surface area contributed by atoms with E-state index in [9.17, 15) is 4.79 Å². The number of rotatable bonds is 4. The summed E-state index contributed by atoms with van der Waals surface area (Å²) in [5.41, 5.74) is 0. The molecule has 4 heteroatoms. The van der Waals surface area contributed by atoms with Crippen molar-refractivity contribution >= 4 is 17.2 Å². The van der Waals surface area contributed by atoms with Crippen molar-refractivity contribution in [3.63, 3.8) is 0 Å². The SMILES string of the molecule is CCC1NC(c2cccs2)N(CC2CCC(C)C2)C1=O. The molecule has 1 N–H and O–H groups in total. The molecule has 3 nitrogen and oxygen atoms in total. The van der Waals surface area contributed by atoms with Crippen LogP contribution in [0.2, 0.25) is 0 Å². The molecule has 1 saturated carbocycles. The predicted octanol–water partition coefficient (Wildman–Crippen LogP) is 3.39. The van der Waals surface area contributed by atoms with Crippen molar-refractivity contribution in [2.24, 2.45) is 11.8 Å². The van der Waals surface area contributed by atoms with Crippen LogP contribution in [0.1, 0.15) is 50.6 Å². The minimum Gasteiger partial charge on any atom is -0.320 e. The van der Waals surface area contributed by atoms with E-state index >= 15 is 0 Å². The van der Waals surface area contributed by atoms with E-state index in [-0.39, 0.29) is 12.2 Å². The largest absolute Gasteiger partial charge is 0.320 e. The first kappa shape index (κ1) is 14.1. The quantitative estimate of drug-likeness (QED) is 0.922. The van der Waals surface area contributed by atoms with Crippen molar-refractivity contribution in [1.82, 2.24) is 10.2 Å². The van der Waals surface area contributed by atoms with Crippen LogP contribution >= 0.6 is 11.3 Å². The third-order valence-corrected chi connectivity index (χ3v) is 5.66. The van der Waals surface area contributed by atoms with Gasteiger partial charge in [-0.15, -0.1) is 11.3 Å². The Bertz CT molecular complexity index is 459. The van der Waals surface area contributed by atoms with Crippen LogP contribution in [0.4, 0.5) is 0 Å². The van der Waals surface area contributed by atoms with Gasteiger partial charge < -0.3 is 4.90 Å². The molecule has 3 rings (SSSR count). The van der Waals surface area contributed by atoms with Gasteiger partial charge in [-0.2, -0.15) is 0 Å². The number of hydrogen-bond acceptors (Lipinski definition) is 3. The molecule has 0 bridgehead atoms. The normalized spacial score (nSPS) is 34.1. The first-order valence-electron chi connectivity index (χ1n) is 7.79. The van der Waals surface area contributed by atoms with Gasteiger partial charge in [0.1, 0.15) is 6.17 Å². The lowest BCUT2D eigenvalue weighted by Gasteiger charge is -2.26. The molecule has 0 aromatic carbocycles. The van der Waals surface area contributed by atoms with Gasteiger partial charge in [-0.1, -0.05) is 26.3 Å². The van der Waals surface area contributed by atoms with Crippen LogP contribution < -0.4 is 5.32 Å². The van der Waals surface area contributed by atoms with E-state index in [0.717, 1.165) is 18.9 Å². The monoisotopic (exact) mass is 292 g/mol. The lowest BCUT2D eigenvalue weighted by molar-refractivity contribution is -0.130. The number of carbonyl (C=O) groups excluding carboxylic acids is 1. The van der Waals surface area contributed by atoms with Crippen LogP contribution in [0.3, 0.4) is 0 Å². The first-order chi connectivity index (χ1) is 9.69. The summed E-state index contributed by atoms with van der Waals surface area (Å²) in [6.45, 7) is 5.34. The molecule has 1 aliphatic carbocycles. The zero-order valence-electron chi connectivity index (χ0n) is 12.3. The lowest BCUT2D eigenvalue weighted by atomic mass is 10.1. The van der Waals surface area contributed by atoms with Gasteiger partial charge in [0.2, 0.25) is 5.91 Å². The maximum absolute atomic E-state index is 12.6. The van der Waals surface area contributed by atoms with E-state index in [4.69, 9.17) is 0 Å². The van der Waals surface area contributed by atoms with Gasteiger partial charge in [0.25, 0.3) is 0 Å². The van der Waals surface area contributed by atoms with E-state index in [1.165, 1.54) is 24.1 Å². The van der Waals surface area contributed by atoms with Crippen molar-refractivity contribution in [3.05, 3.63) is 22.4 Å². The standard InChI is InChI=1S/C16H24N2OS/c1-3-13-16(19)18(10-12-7-6-11(2)9-12)15(17-13)14-5-4-8-20-14/h4-5,8,11-13,15,17H,3,6-7,9-10H2,1-2H3. The molecule has 1 aromatic rings. The number of nitrogens with zero attached hydrogens (tertiary/aromatic N) is 1. The highest BCUT2D eigenvalue weighted by atomic mass is 32.1. The van der Waals surface area contributed by atoms with Gasteiger partial charge >= 0.3 is 0 Å². The molecular weight excluding hydrogens is 268 g/mol. The zero-order chi connectivity index (χ0) is 14.1. The molecule has 0 spiro atoms. The molecular formula is C16H24N2OS. The highest BCUT2D eigenvalue weighted by Gasteiger charge is 2.40. The van der Waals surface area contributed by atoms with E-state index in [0.29, 0.717) is 11.8 Å². The van der Waals surface area contributed by atoms with Crippen molar-refractivity contribution in [2.45, 2.75) is 51.7 Å². The van der Waals surface area contributed by atoms with Gasteiger partial charge in [-0.3, -0.25) is 10.1 Å². The molecule has 1 saturated heterocycles. The Hall–Kier alpha value is -0.870. The van der Waals surface area contributed by atoms with Crippen LogP contribution in [0.5, 0.6) is 0 Å². The molecule has 2 fully saturated rings. The first-order valence-corrected chi connectivity index (χ1v) is 8.67. The van der Waals surface area contributed by atoms with E-state index in [2.05, 4.69) is 41.6 Å². The molecule has 1 amide bonds. The number of thiophene rings is 1. The zero-order valence-corrected chi connectivity index (χ0v) is 13.2. The minimum atomic E-state index is 0.000858. The maximum Gasteiger partial charge on any atom is 0.241 e. The fourth-order valence-electron chi connectivity index (χ4n) is 3.62. The summed E-state index contributed by atoms with van der Waals surface area (Å²) < 4.78 is 0. The lowest BCUT2D eigenvalue weighted by Crippen LogP contribution is -2.34. The van der Waals surface area contributed by atoms with Crippen LogP contribution in [-0.2, 0) is 4.79 Å². The average Bonchev–Trinajstić information content (AvgIpc) is 3.13. The topological polar surface area (TPSA) is 32.3 Å². The Kier molecular flexibility index (Phi) is 4.13. The number of nitrogens with one attached hydrogen (secondary N) is 1. The summed E-state index contributed by atoms with van der Waals surface area (Å²) in [4.78, 5) is 15.9. The van der Waals surface area contributed by atoms with Crippen molar-refractivity contribution in [1.29, 1.82) is 0 Å². The average molecular weight is 292 g/mol. The second-order valence-electron chi connectivity index (χ2n) is 6.32. The van der Waals surface area contributed by atoms with Gasteiger partial charge in [0, 0.05) is 11.4 Å². The minimum absolute atomic E-state index is 0.000858. The van der Waals surface area contributed by atoms with Gasteiger partial charge in [-0.05, 0) is 42.5 Å². The third kappa shape index (κ3) is 2.63. The number of carbonyl (C=O) groups is 1. The summed E-state index contributed by atoms with van der Waals surface area (Å²) in [6.07, 6.45) is 4.85. The summed E-state index contributed by atoms with van der Waals surface area (Å²) >= 11 is 1.74. The molecule has 20 heavy (non-hydrogen) atoms. The van der Waals surface area contributed by atoms with Gasteiger partial charge in [-0.25, -0.2) is 0 Å². The van der Waals surface area contributed by atoms with Gasteiger partial charge in [0.15, 0.2) is 0 Å². The van der Waals surface area contributed by atoms with E-state index < -0.39 is 0 Å². The Morgan fingerprint density at radius 1 is 1.45 bits per heavy atom. The smallest absolute Gasteiger partial charge is 0.241 e. The summed E-state index contributed by atoms with van der Waals surface area (Å²) in [5.74, 6) is 1.81. The Morgan fingerprint density at radius 3 is 2.90 bits per heavy atom. The molecule has 2 aliphatic rings. The van der Waals surface area contributed by atoms with E-state index in [1.807, 2.05) is 0 Å². The Labute approximate surface area is 125 Å². The van der Waals surface area contributed by atoms with Crippen molar-refractivity contribution < 1.29 is 4.79 Å². The summed E-state index contributed by atoms with van der Waals surface area (Å²) in [5, 5.41) is 5.61.